The van der Waals surface area contributed by atoms with E-state index in [9.17, 15) is 54.0 Å². The number of carboxylic acid groups (broad SMARTS) is 1. The molecule has 2 fully saturated rings. The highest BCUT2D eigenvalue weighted by molar-refractivity contribution is 6.07. The summed E-state index contributed by atoms with van der Waals surface area (Å²) in [6.45, 7) is 6.29. The van der Waals surface area contributed by atoms with Crippen LogP contribution in [0.2, 0.25) is 0 Å². The van der Waals surface area contributed by atoms with Crippen molar-refractivity contribution in [3.63, 3.8) is 0 Å². The Balaban J connectivity index is 1.72. The van der Waals surface area contributed by atoms with Crippen LogP contribution in [0.5, 0.6) is 5.75 Å². The number of anilines is 1. The van der Waals surface area contributed by atoms with Gasteiger partial charge >= 0.3 is 18.2 Å². The van der Waals surface area contributed by atoms with E-state index in [1.165, 1.54) is 42.1 Å². The molecule has 0 aromatic heterocycles. The molecular weight excluding hydrogens is 744 g/mol. The second-order valence-electron chi connectivity index (χ2n) is 14.0. The molecule has 1 aromatic carbocycles. The van der Waals surface area contributed by atoms with Gasteiger partial charge in [-0.2, -0.15) is 0 Å². The summed E-state index contributed by atoms with van der Waals surface area (Å²) < 4.78 is 21.4. The van der Waals surface area contributed by atoms with Gasteiger partial charge in [-0.1, -0.05) is 19.9 Å². The van der Waals surface area contributed by atoms with Gasteiger partial charge in [0, 0.05) is 59.0 Å². The molecule has 2 heterocycles. The van der Waals surface area contributed by atoms with Gasteiger partial charge in [0.1, 0.15) is 36.7 Å². The molecular formula is C35H52N6O15. The van der Waals surface area contributed by atoms with E-state index in [1.54, 1.807) is 27.7 Å². The minimum Gasteiger partial charge on any atom is -0.479 e. The van der Waals surface area contributed by atoms with E-state index in [-0.39, 0.29) is 69.1 Å². The zero-order valence-electron chi connectivity index (χ0n) is 32.1. The first-order chi connectivity index (χ1) is 26.3. The monoisotopic (exact) mass is 796 g/mol. The summed E-state index contributed by atoms with van der Waals surface area (Å²) in [7, 11) is 2.96. The van der Waals surface area contributed by atoms with Crippen LogP contribution in [0, 0.1) is 11.8 Å². The summed E-state index contributed by atoms with van der Waals surface area (Å²) in [5, 5.41) is 45.3. The minimum atomic E-state index is -1.99. The number of aliphatic hydroxyl groups excluding tert-OH is 3. The SMILES string of the molecule is CC(C)OC(=O)N(C)CCN(C)C(=O)OCc1ccc(O[C@@H]2O[C@H](C(=O)O)[C@@H](O)[C@H](O)[C@H]2O)c(NC(=O)CCNC(=O)[C@H](CN)N2C(=O)CC(C(C)C)C2=O)c1. The summed E-state index contributed by atoms with van der Waals surface area (Å²) in [6.07, 6.45) is -11.7. The Kier molecular flexibility index (Phi) is 16.3. The van der Waals surface area contributed by atoms with Gasteiger partial charge in [0.25, 0.3) is 0 Å². The van der Waals surface area contributed by atoms with Crippen molar-refractivity contribution < 1.29 is 72.9 Å². The fourth-order valence-electron chi connectivity index (χ4n) is 5.65. The first-order valence-electron chi connectivity index (χ1n) is 17.9. The second-order valence-corrected chi connectivity index (χ2v) is 14.0. The third-order valence-electron chi connectivity index (χ3n) is 8.98. The van der Waals surface area contributed by atoms with E-state index in [4.69, 9.17) is 24.7 Å². The lowest BCUT2D eigenvalue weighted by molar-refractivity contribution is -0.271. The van der Waals surface area contributed by atoms with Crippen molar-refractivity contribution in [2.45, 2.75) is 90.0 Å². The molecule has 7 atom stereocenters. The maximum atomic E-state index is 13.1. The van der Waals surface area contributed by atoms with Crippen LogP contribution < -0.4 is 21.1 Å². The highest BCUT2D eigenvalue weighted by Gasteiger charge is 2.48. The van der Waals surface area contributed by atoms with Crippen molar-refractivity contribution >= 4 is 47.5 Å². The van der Waals surface area contributed by atoms with E-state index in [1.807, 2.05) is 0 Å². The molecule has 2 aliphatic heterocycles. The number of imide groups is 1. The Bertz CT molecular complexity index is 1610. The Labute approximate surface area is 322 Å². The van der Waals surface area contributed by atoms with Crippen LogP contribution in [0.15, 0.2) is 18.2 Å². The number of nitrogens with zero attached hydrogens (tertiary/aromatic N) is 3. The zero-order valence-corrected chi connectivity index (χ0v) is 32.1. The summed E-state index contributed by atoms with van der Waals surface area (Å²) in [5.74, 6) is -5.03. The number of hydrogen-bond acceptors (Lipinski definition) is 15. The van der Waals surface area contributed by atoms with Crippen molar-refractivity contribution in [3.05, 3.63) is 23.8 Å². The number of nitrogens with one attached hydrogen (secondary N) is 2. The molecule has 21 heteroatoms. The summed E-state index contributed by atoms with van der Waals surface area (Å²) in [4.78, 5) is 91.3. The van der Waals surface area contributed by atoms with Crippen molar-refractivity contribution in [2.75, 3.05) is 45.6 Å². The fourth-order valence-corrected chi connectivity index (χ4v) is 5.65. The van der Waals surface area contributed by atoms with E-state index in [0.717, 1.165) is 4.90 Å². The molecule has 6 amide bonds. The normalized spacial score (nSPS) is 22.8. The second kappa shape index (κ2) is 20.2. The first-order valence-corrected chi connectivity index (χ1v) is 17.9. The zero-order chi connectivity index (χ0) is 42.0. The van der Waals surface area contributed by atoms with Gasteiger partial charge in [-0.05, 0) is 37.5 Å². The topological polar surface area (TPSA) is 297 Å². The third kappa shape index (κ3) is 11.7. The maximum absolute atomic E-state index is 13.1. The van der Waals surface area contributed by atoms with E-state index in [0.29, 0.717) is 5.56 Å². The van der Waals surface area contributed by atoms with Gasteiger partial charge in [0.2, 0.25) is 29.9 Å². The number of carbonyl (C=O) groups is 7. The van der Waals surface area contributed by atoms with Gasteiger partial charge in [0.05, 0.1) is 11.8 Å². The van der Waals surface area contributed by atoms with Crippen LogP contribution in [-0.2, 0) is 44.8 Å². The van der Waals surface area contributed by atoms with Crippen LogP contribution in [0.3, 0.4) is 0 Å². The smallest absolute Gasteiger partial charge is 0.409 e. The molecule has 21 nitrogen and oxygen atoms in total. The van der Waals surface area contributed by atoms with Crippen molar-refractivity contribution in [2.24, 2.45) is 17.6 Å². The van der Waals surface area contributed by atoms with Gasteiger partial charge < -0.3 is 65.5 Å². The maximum Gasteiger partial charge on any atom is 0.409 e. The summed E-state index contributed by atoms with van der Waals surface area (Å²) in [5.41, 5.74) is 5.98. The molecule has 0 bridgehead atoms. The predicted octanol–water partition coefficient (Wildman–Crippen LogP) is -1.19. The van der Waals surface area contributed by atoms with Crippen molar-refractivity contribution in [1.82, 2.24) is 20.0 Å². The van der Waals surface area contributed by atoms with Gasteiger partial charge in [-0.25, -0.2) is 14.4 Å². The number of rotatable bonds is 17. The number of aliphatic hydroxyl groups is 3. The van der Waals surface area contributed by atoms with Crippen LogP contribution >= 0.6 is 0 Å². The highest BCUT2D eigenvalue weighted by Crippen LogP contribution is 2.32. The van der Waals surface area contributed by atoms with Crippen molar-refractivity contribution in [1.29, 1.82) is 0 Å². The minimum absolute atomic E-state index is 0.0460. The average molecular weight is 797 g/mol. The molecule has 1 aromatic rings. The molecule has 1 unspecified atom stereocenters. The van der Waals surface area contributed by atoms with Gasteiger partial charge in [-0.3, -0.25) is 24.1 Å². The average Bonchev–Trinajstić information content (AvgIpc) is 3.43. The lowest BCUT2D eigenvalue weighted by atomic mass is 9.94. The molecule has 56 heavy (non-hydrogen) atoms. The number of carboxylic acids is 1. The van der Waals surface area contributed by atoms with Crippen LogP contribution in [0.25, 0.3) is 0 Å². The van der Waals surface area contributed by atoms with E-state index >= 15 is 0 Å². The number of hydrogen-bond donors (Lipinski definition) is 7. The van der Waals surface area contributed by atoms with E-state index in [2.05, 4.69) is 10.6 Å². The molecule has 2 aliphatic rings. The number of ether oxygens (including phenoxy) is 4. The molecule has 0 saturated carbocycles. The molecule has 0 spiro atoms. The summed E-state index contributed by atoms with van der Waals surface area (Å²) in [6, 6.07) is 2.75. The Hall–Kier alpha value is -5.09. The Morgan fingerprint density at radius 1 is 0.982 bits per heavy atom. The molecule has 3 rings (SSSR count). The number of nitrogens with two attached hydrogens (primary N) is 1. The van der Waals surface area contributed by atoms with Crippen LogP contribution in [0.1, 0.15) is 46.1 Å². The largest absolute Gasteiger partial charge is 0.479 e. The third-order valence-corrected chi connectivity index (χ3v) is 8.98. The lowest BCUT2D eigenvalue weighted by Crippen LogP contribution is -2.61. The van der Waals surface area contributed by atoms with E-state index < -0.39 is 84.5 Å². The molecule has 312 valence electrons. The number of amides is 6. The van der Waals surface area contributed by atoms with Crippen LogP contribution in [-0.4, -0.2) is 160 Å². The predicted molar refractivity (Wildman–Crippen MR) is 192 cm³/mol. The quantitative estimate of drug-likeness (QED) is 0.0912. The number of carbonyl (C=O) groups excluding carboxylic acids is 6. The first kappa shape index (κ1) is 45.3. The van der Waals surface area contributed by atoms with Gasteiger partial charge in [-0.15, -0.1) is 0 Å². The Morgan fingerprint density at radius 3 is 2.20 bits per heavy atom. The lowest BCUT2D eigenvalue weighted by Gasteiger charge is -2.38. The molecule has 0 radical (unpaired) electrons. The number of likely N-dealkylation sites (tertiary alicyclic amines) is 1. The summed E-state index contributed by atoms with van der Waals surface area (Å²) >= 11 is 0. The molecule has 8 N–H and O–H groups in total. The van der Waals surface area contributed by atoms with Gasteiger partial charge in [0.15, 0.2) is 6.10 Å². The number of benzene rings is 1. The molecule has 0 aliphatic carbocycles. The molecule has 2 saturated heterocycles. The standard InChI is InChI=1S/C35H52N6O15/c1-17(2)20-14-25(43)41(31(20)48)22(15-36)30(47)37-10-9-24(42)38-21-13-19(16-53-34(51)39(5)11-12-40(6)35(52)54-18(3)4)7-8-23(21)55-33-28(46)26(44)27(45)29(56-33)32(49)50/h7-8,13,17-18,20,22,26-29,33,44-46H,9-12,14-16,36H2,1-6H3,(H,37,47)(H,38,42)(H,49,50)/t20?,22-,26-,27-,28+,29-,33+/m0/s1. The highest BCUT2D eigenvalue weighted by atomic mass is 16.7. The number of aliphatic carboxylic acids is 1. The Morgan fingerprint density at radius 2 is 1.62 bits per heavy atom. The van der Waals surface area contributed by atoms with Crippen LogP contribution in [0.4, 0.5) is 15.3 Å². The fraction of sp³-hybridized carbons (Fsp3) is 0.629. The van der Waals surface area contributed by atoms with Crippen molar-refractivity contribution in [3.8, 4) is 5.75 Å². The number of likely N-dealkylation sites (N-methyl/N-ethyl adjacent to an activating group) is 2.